The predicted molar refractivity (Wildman–Crippen MR) is 127 cm³/mol. The molecule has 0 spiro atoms. The van der Waals surface area contributed by atoms with Crippen molar-refractivity contribution in [3.05, 3.63) is 83.0 Å². The topological polar surface area (TPSA) is 67.3 Å². The van der Waals surface area contributed by atoms with Crippen LogP contribution in [0.1, 0.15) is 23.2 Å². The number of carbonyl (C=O) groups is 1. The molecule has 1 aliphatic rings. The fraction of sp³-hybridized carbons (Fsp3) is 0.160. The molecule has 172 valence electrons. The molecule has 4 aromatic rings. The molecule has 1 N–H and O–H groups in total. The van der Waals surface area contributed by atoms with Crippen LogP contribution in [-0.2, 0) is 0 Å². The lowest BCUT2D eigenvalue weighted by molar-refractivity contribution is 0.102. The summed E-state index contributed by atoms with van der Waals surface area (Å²) in [4.78, 5) is 23.7. The van der Waals surface area contributed by atoms with Crippen LogP contribution in [0.4, 0.5) is 20.3 Å². The summed E-state index contributed by atoms with van der Waals surface area (Å²) >= 11 is 5.92. The number of aromatic nitrogens is 2. The fourth-order valence-corrected chi connectivity index (χ4v) is 4.00. The molecule has 2 heterocycles. The zero-order valence-electron chi connectivity index (χ0n) is 17.9. The van der Waals surface area contributed by atoms with E-state index in [0.717, 1.165) is 37.8 Å². The largest absolute Gasteiger partial charge is 0.454 e. The molecule has 1 aromatic heterocycles. The van der Waals surface area contributed by atoms with Crippen molar-refractivity contribution in [2.75, 3.05) is 23.3 Å². The van der Waals surface area contributed by atoms with E-state index in [1.807, 2.05) is 0 Å². The molecule has 0 atom stereocenters. The van der Waals surface area contributed by atoms with Crippen LogP contribution < -0.4 is 15.0 Å². The third-order valence-electron chi connectivity index (χ3n) is 5.50. The van der Waals surface area contributed by atoms with Gasteiger partial charge in [0.1, 0.15) is 11.6 Å². The van der Waals surface area contributed by atoms with Crippen LogP contribution in [0.5, 0.6) is 11.5 Å². The lowest BCUT2D eigenvalue weighted by Gasteiger charge is -2.16. The van der Waals surface area contributed by atoms with Crippen molar-refractivity contribution in [1.82, 2.24) is 9.97 Å². The maximum Gasteiger partial charge on any atom is 0.255 e. The predicted octanol–water partition coefficient (Wildman–Crippen LogP) is 6.21. The fourth-order valence-electron chi connectivity index (χ4n) is 3.81. The Morgan fingerprint density at radius 2 is 1.85 bits per heavy atom. The number of nitrogens with zero attached hydrogens (tertiary/aromatic N) is 3. The maximum absolute atomic E-state index is 14.5. The highest BCUT2D eigenvalue weighted by Gasteiger charge is 2.17. The van der Waals surface area contributed by atoms with Crippen LogP contribution in [-0.4, -0.2) is 29.0 Å². The van der Waals surface area contributed by atoms with Crippen molar-refractivity contribution in [3.8, 4) is 11.5 Å². The lowest BCUT2D eigenvalue weighted by Crippen LogP contribution is -2.19. The standard InChI is InChI=1S/C25H19ClF2N4O2/c26-16-5-3-4-15(10-16)25(33)30-17-11-19(27)24(28)22(12-17)34-18-6-7-20-21(13-18)31-23(14-29-20)32-8-1-2-9-32/h3-7,10-14H,1-2,8-9H2,(H,30,33). The van der Waals surface area contributed by atoms with Crippen LogP contribution in [0.2, 0.25) is 5.02 Å². The van der Waals surface area contributed by atoms with Gasteiger partial charge in [-0.3, -0.25) is 9.78 Å². The third-order valence-corrected chi connectivity index (χ3v) is 5.73. The molecule has 6 nitrogen and oxygen atoms in total. The Morgan fingerprint density at radius 1 is 1.03 bits per heavy atom. The van der Waals surface area contributed by atoms with E-state index in [1.54, 1.807) is 42.6 Å². The molecule has 0 unspecified atom stereocenters. The lowest BCUT2D eigenvalue weighted by atomic mass is 10.2. The van der Waals surface area contributed by atoms with E-state index in [9.17, 15) is 13.6 Å². The van der Waals surface area contributed by atoms with Crippen LogP contribution >= 0.6 is 11.6 Å². The zero-order chi connectivity index (χ0) is 23.7. The second kappa shape index (κ2) is 9.23. The number of nitrogens with one attached hydrogen (secondary N) is 1. The number of anilines is 2. The van der Waals surface area contributed by atoms with Crippen molar-refractivity contribution in [3.63, 3.8) is 0 Å². The second-order valence-electron chi connectivity index (χ2n) is 7.91. The van der Waals surface area contributed by atoms with Gasteiger partial charge in [0.2, 0.25) is 5.82 Å². The average molecular weight is 481 g/mol. The smallest absolute Gasteiger partial charge is 0.255 e. The van der Waals surface area contributed by atoms with Gasteiger partial charge in [-0.1, -0.05) is 17.7 Å². The van der Waals surface area contributed by atoms with Crippen molar-refractivity contribution < 1.29 is 18.3 Å². The number of rotatable bonds is 5. The molecule has 0 saturated carbocycles. The Hall–Kier alpha value is -3.78. The van der Waals surface area contributed by atoms with E-state index < -0.39 is 17.5 Å². The summed E-state index contributed by atoms with van der Waals surface area (Å²) in [7, 11) is 0. The Labute approximate surface area is 199 Å². The first kappa shape index (κ1) is 22.0. The Bertz CT molecular complexity index is 1390. The maximum atomic E-state index is 14.5. The van der Waals surface area contributed by atoms with Gasteiger partial charge in [0.15, 0.2) is 11.6 Å². The number of hydrogen-bond acceptors (Lipinski definition) is 5. The number of halogens is 3. The summed E-state index contributed by atoms with van der Waals surface area (Å²) in [6.07, 6.45) is 3.95. The number of carbonyl (C=O) groups excluding carboxylic acids is 1. The monoisotopic (exact) mass is 480 g/mol. The Morgan fingerprint density at radius 3 is 2.65 bits per heavy atom. The first-order valence-corrected chi connectivity index (χ1v) is 11.1. The first-order chi connectivity index (χ1) is 16.5. The SMILES string of the molecule is O=C(Nc1cc(F)c(F)c(Oc2ccc3ncc(N4CCCC4)nc3c2)c1)c1cccc(Cl)c1. The number of ether oxygens (including phenoxy) is 1. The molecule has 9 heteroatoms. The molecule has 0 bridgehead atoms. The van der Waals surface area contributed by atoms with Crippen molar-refractivity contribution >= 4 is 40.0 Å². The Balaban J connectivity index is 1.41. The van der Waals surface area contributed by atoms with Gasteiger partial charge in [0.05, 0.1) is 17.2 Å². The van der Waals surface area contributed by atoms with E-state index in [-0.39, 0.29) is 22.7 Å². The molecule has 0 aliphatic carbocycles. The van der Waals surface area contributed by atoms with Crippen molar-refractivity contribution in [1.29, 1.82) is 0 Å². The Kier molecular flexibility index (Phi) is 5.98. The van der Waals surface area contributed by atoms with E-state index in [2.05, 4.69) is 20.2 Å². The third kappa shape index (κ3) is 4.63. The van der Waals surface area contributed by atoms with Gasteiger partial charge in [0.25, 0.3) is 5.91 Å². The molecule has 1 saturated heterocycles. The van der Waals surface area contributed by atoms with E-state index >= 15 is 0 Å². The molecule has 1 aliphatic heterocycles. The zero-order valence-corrected chi connectivity index (χ0v) is 18.6. The molecular weight excluding hydrogens is 462 g/mol. The van der Waals surface area contributed by atoms with E-state index in [0.29, 0.717) is 16.1 Å². The minimum absolute atomic E-state index is 0.0378. The molecule has 5 rings (SSSR count). The van der Waals surface area contributed by atoms with Crippen LogP contribution in [0, 0.1) is 11.6 Å². The molecular formula is C25H19ClF2N4O2. The summed E-state index contributed by atoms with van der Waals surface area (Å²) in [6.45, 7) is 1.85. The van der Waals surface area contributed by atoms with Crippen LogP contribution in [0.15, 0.2) is 60.8 Å². The second-order valence-corrected chi connectivity index (χ2v) is 8.35. The van der Waals surface area contributed by atoms with Gasteiger partial charge in [-0.15, -0.1) is 0 Å². The normalized spacial score (nSPS) is 13.3. The van der Waals surface area contributed by atoms with Crippen LogP contribution in [0.25, 0.3) is 11.0 Å². The number of amides is 1. The highest BCUT2D eigenvalue weighted by atomic mass is 35.5. The van der Waals surface area contributed by atoms with Gasteiger partial charge in [0, 0.05) is 47.6 Å². The summed E-state index contributed by atoms with van der Waals surface area (Å²) in [5.41, 5.74) is 1.55. The highest BCUT2D eigenvalue weighted by Crippen LogP contribution is 2.31. The minimum atomic E-state index is -1.17. The van der Waals surface area contributed by atoms with Gasteiger partial charge in [-0.25, -0.2) is 9.37 Å². The van der Waals surface area contributed by atoms with Crippen molar-refractivity contribution in [2.24, 2.45) is 0 Å². The number of fused-ring (bicyclic) bond motifs is 1. The molecule has 1 fully saturated rings. The quantitative estimate of drug-likeness (QED) is 0.368. The average Bonchev–Trinajstić information content (AvgIpc) is 3.37. The van der Waals surface area contributed by atoms with E-state index in [4.69, 9.17) is 16.3 Å². The molecule has 3 aromatic carbocycles. The molecule has 1 amide bonds. The van der Waals surface area contributed by atoms with Gasteiger partial charge in [-0.05, 0) is 43.2 Å². The summed E-state index contributed by atoms with van der Waals surface area (Å²) < 4.78 is 34.4. The van der Waals surface area contributed by atoms with E-state index in [1.165, 1.54) is 12.1 Å². The first-order valence-electron chi connectivity index (χ1n) is 10.7. The molecule has 34 heavy (non-hydrogen) atoms. The molecule has 0 radical (unpaired) electrons. The summed E-state index contributed by atoms with van der Waals surface area (Å²) in [5.74, 6) is -2.19. The number of hydrogen-bond donors (Lipinski definition) is 1. The summed E-state index contributed by atoms with van der Waals surface area (Å²) in [5, 5.41) is 2.92. The van der Waals surface area contributed by atoms with Gasteiger partial charge in [-0.2, -0.15) is 4.39 Å². The van der Waals surface area contributed by atoms with Crippen LogP contribution in [0.3, 0.4) is 0 Å². The van der Waals surface area contributed by atoms with Gasteiger partial charge >= 0.3 is 0 Å². The number of benzene rings is 3. The summed E-state index contributed by atoms with van der Waals surface area (Å²) in [6, 6.07) is 13.3. The highest BCUT2D eigenvalue weighted by molar-refractivity contribution is 6.31. The van der Waals surface area contributed by atoms with Crippen molar-refractivity contribution in [2.45, 2.75) is 12.8 Å². The minimum Gasteiger partial charge on any atom is -0.454 e. The van der Waals surface area contributed by atoms with Gasteiger partial charge < -0.3 is 15.0 Å².